The van der Waals surface area contributed by atoms with E-state index in [9.17, 15) is 14.5 Å². The molecule has 0 N–H and O–H groups in total. The summed E-state index contributed by atoms with van der Waals surface area (Å²) >= 11 is 0. The van der Waals surface area contributed by atoms with Gasteiger partial charge in [-0.05, 0) is 24.6 Å². The van der Waals surface area contributed by atoms with Crippen LogP contribution in [0.4, 0.5) is 4.39 Å². The first kappa shape index (κ1) is 11.2. The molecule has 0 bridgehead atoms. The molecule has 0 fully saturated rings. The fraction of sp³-hybridized carbons (Fsp3) is 0.200. The third kappa shape index (κ3) is 2.77. The number of hydrogen-bond acceptors (Lipinski definition) is 3. The molecule has 1 aromatic rings. The Morgan fingerprint density at radius 1 is 1.53 bits per heavy atom. The first-order valence-electron chi connectivity index (χ1n) is 4.20. The molecule has 0 aliphatic carbocycles. The lowest BCUT2D eigenvalue weighted by Crippen LogP contribution is -1.92. The molecule has 0 saturated carbocycles. The fourth-order valence-electron chi connectivity index (χ4n) is 1.12. The van der Waals surface area contributed by atoms with E-state index in [1.54, 1.807) is 6.92 Å². The normalized spacial score (nSPS) is 10.6. The molecule has 0 spiro atoms. The summed E-state index contributed by atoms with van der Waals surface area (Å²) in [6.45, 7) is 1.60. The van der Waals surface area contributed by atoms with Crippen LogP contribution >= 0.6 is 0 Å². The van der Waals surface area contributed by atoms with Gasteiger partial charge in [0.15, 0.2) is 0 Å². The average Bonchev–Trinajstić information content (AvgIpc) is 2.19. The standard InChI is InChI=1S/C10H10FNO3/c1-7-5-10(15-2)8(6-9(7)11)3-4-12(13)14/h3-6H,1-2H3/b4-3+. The topological polar surface area (TPSA) is 52.4 Å². The van der Waals surface area contributed by atoms with Gasteiger partial charge in [-0.2, -0.15) is 0 Å². The number of nitro groups is 1. The van der Waals surface area contributed by atoms with Gasteiger partial charge in [0.2, 0.25) is 6.20 Å². The fourth-order valence-corrected chi connectivity index (χ4v) is 1.12. The van der Waals surface area contributed by atoms with E-state index in [-0.39, 0.29) is 0 Å². The quantitative estimate of drug-likeness (QED) is 0.569. The van der Waals surface area contributed by atoms with E-state index in [0.717, 1.165) is 6.20 Å². The second-order valence-electron chi connectivity index (χ2n) is 2.94. The van der Waals surface area contributed by atoms with Crippen LogP contribution in [0.25, 0.3) is 6.08 Å². The largest absolute Gasteiger partial charge is 0.496 e. The number of aryl methyl sites for hydroxylation is 1. The lowest BCUT2D eigenvalue weighted by Gasteiger charge is -2.06. The van der Waals surface area contributed by atoms with Gasteiger partial charge in [-0.3, -0.25) is 10.1 Å². The van der Waals surface area contributed by atoms with E-state index in [2.05, 4.69) is 0 Å². The van der Waals surface area contributed by atoms with E-state index in [1.807, 2.05) is 0 Å². The van der Waals surface area contributed by atoms with E-state index < -0.39 is 10.7 Å². The summed E-state index contributed by atoms with van der Waals surface area (Å²) in [6, 6.07) is 2.70. The van der Waals surface area contributed by atoms with Gasteiger partial charge in [0.05, 0.1) is 12.0 Å². The van der Waals surface area contributed by atoms with Gasteiger partial charge in [0.25, 0.3) is 0 Å². The van der Waals surface area contributed by atoms with Crippen LogP contribution in [-0.2, 0) is 0 Å². The second kappa shape index (κ2) is 4.54. The zero-order valence-corrected chi connectivity index (χ0v) is 8.36. The van der Waals surface area contributed by atoms with Gasteiger partial charge >= 0.3 is 0 Å². The average molecular weight is 211 g/mol. The molecule has 4 nitrogen and oxygen atoms in total. The number of methoxy groups -OCH3 is 1. The number of benzene rings is 1. The van der Waals surface area contributed by atoms with Crippen LogP contribution in [0.5, 0.6) is 5.75 Å². The van der Waals surface area contributed by atoms with Crippen LogP contribution in [-0.4, -0.2) is 12.0 Å². The lowest BCUT2D eigenvalue weighted by atomic mass is 10.1. The summed E-state index contributed by atoms with van der Waals surface area (Å²) in [6.07, 6.45) is 1.94. The molecule has 0 aromatic heterocycles. The van der Waals surface area contributed by atoms with Crippen molar-refractivity contribution in [3.8, 4) is 5.75 Å². The summed E-state index contributed by atoms with van der Waals surface area (Å²) in [5, 5.41) is 10.1. The van der Waals surface area contributed by atoms with Crippen molar-refractivity contribution in [2.45, 2.75) is 6.92 Å². The molecule has 0 radical (unpaired) electrons. The Hall–Kier alpha value is -1.91. The minimum Gasteiger partial charge on any atom is -0.496 e. The van der Waals surface area contributed by atoms with Gasteiger partial charge < -0.3 is 4.74 Å². The molecule has 0 saturated heterocycles. The van der Waals surface area contributed by atoms with Crippen molar-refractivity contribution < 1.29 is 14.1 Å². The van der Waals surface area contributed by atoms with E-state index in [4.69, 9.17) is 4.74 Å². The van der Waals surface area contributed by atoms with E-state index >= 15 is 0 Å². The van der Waals surface area contributed by atoms with E-state index in [1.165, 1.54) is 25.3 Å². The van der Waals surface area contributed by atoms with Crippen molar-refractivity contribution in [2.75, 3.05) is 7.11 Å². The lowest BCUT2D eigenvalue weighted by molar-refractivity contribution is -0.400. The smallest absolute Gasteiger partial charge is 0.235 e. The van der Waals surface area contributed by atoms with Crippen LogP contribution in [0.2, 0.25) is 0 Å². The Morgan fingerprint density at radius 3 is 2.73 bits per heavy atom. The molecule has 80 valence electrons. The molecule has 1 aromatic carbocycles. The van der Waals surface area contributed by atoms with Gasteiger partial charge in [-0.15, -0.1) is 0 Å². The highest BCUT2D eigenvalue weighted by Crippen LogP contribution is 2.23. The summed E-state index contributed by atoms with van der Waals surface area (Å²) < 4.78 is 18.1. The van der Waals surface area contributed by atoms with Crippen molar-refractivity contribution in [3.05, 3.63) is 45.4 Å². The van der Waals surface area contributed by atoms with Crippen molar-refractivity contribution in [1.29, 1.82) is 0 Å². The molecular formula is C10H10FNO3. The molecule has 5 heteroatoms. The number of ether oxygens (including phenoxy) is 1. The Kier molecular flexibility index (Phi) is 3.38. The molecular weight excluding hydrogens is 201 g/mol. The number of hydrogen-bond donors (Lipinski definition) is 0. The SMILES string of the molecule is COc1cc(C)c(F)cc1/C=C/[N+](=O)[O-]. The predicted molar refractivity (Wildman–Crippen MR) is 53.7 cm³/mol. The highest BCUT2D eigenvalue weighted by molar-refractivity contribution is 5.57. The minimum absolute atomic E-state index is 0.345. The van der Waals surface area contributed by atoms with Crippen molar-refractivity contribution >= 4 is 6.08 Å². The van der Waals surface area contributed by atoms with Crippen LogP contribution in [0, 0.1) is 22.9 Å². The summed E-state index contributed by atoms with van der Waals surface area (Å²) in [4.78, 5) is 9.49. The Morgan fingerprint density at radius 2 is 2.20 bits per heavy atom. The molecule has 0 unspecified atom stereocenters. The van der Waals surface area contributed by atoms with Crippen molar-refractivity contribution in [2.24, 2.45) is 0 Å². The molecule has 15 heavy (non-hydrogen) atoms. The maximum Gasteiger partial charge on any atom is 0.235 e. The van der Waals surface area contributed by atoms with Gasteiger partial charge in [-0.1, -0.05) is 0 Å². The highest BCUT2D eigenvalue weighted by atomic mass is 19.1. The maximum absolute atomic E-state index is 13.2. The molecule has 0 atom stereocenters. The zero-order chi connectivity index (χ0) is 11.4. The van der Waals surface area contributed by atoms with Crippen LogP contribution < -0.4 is 4.74 Å². The Labute approximate surface area is 86.1 Å². The predicted octanol–water partition coefficient (Wildman–Crippen LogP) is 2.39. The highest BCUT2D eigenvalue weighted by Gasteiger charge is 2.06. The number of halogens is 1. The zero-order valence-electron chi connectivity index (χ0n) is 8.36. The van der Waals surface area contributed by atoms with E-state index in [0.29, 0.717) is 16.9 Å². The van der Waals surface area contributed by atoms with Gasteiger partial charge in [0.1, 0.15) is 11.6 Å². The first-order chi connectivity index (χ1) is 7.04. The molecule has 0 heterocycles. The van der Waals surface area contributed by atoms with Crippen LogP contribution in [0.15, 0.2) is 18.3 Å². The Bertz CT molecular complexity index is 415. The minimum atomic E-state index is -0.614. The van der Waals surface area contributed by atoms with Crippen molar-refractivity contribution in [3.63, 3.8) is 0 Å². The number of nitrogens with zero attached hydrogens (tertiary/aromatic N) is 1. The third-order valence-electron chi connectivity index (χ3n) is 1.89. The molecule has 0 amide bonds. The molecule has 0 aliphatic rings. The first-order valence-corrected chi connectivity index (χ1v) is 4.20. The Balaban J connectivity index is 3.16. The summed E-state index contributed by atoms with van der Waals surface area (Å²) in [5.41, 5.74) is 0.780. The van der Waals surface area contributed by atoms with Gasteiger partial charge in [0, 0.05) is 11.6 Å². The van der Waals surface area contributed by atoms with Crippen LogP contribution in [0.3, 0.4) is 0 Å². The molecule has 0 aliphatic heterocycles. The van der Waals surface area contributed by atoms with Crippen molar-refractivity contribution in [1.82, 2.24) is 0 Å². The van der Waals surface area contributed by atoms with Crippen LogP contribution in [0.1, 0.15) is 11.1 Å². The third-order valence-corrected chi connectivity index (χ3v) is 1.89. The second-order valence-corrected chi connectivity index (χ2v) is 2.94. The maximum atomic E-state index is 13.2. The molecule has 1 rings (SSSR count). The summed E-state index contributed by atoms with van der Waals surface area (Å²) in [7, 11) is 1.43. The van der Waals surface area contributed by atoms with Gasteiger partial charge in [-0.25, -0.2) is 4.39 Å². The summed E-state index contributed by atoms with van der Waals surface area (Å²) in [5.74, 6) is -0.00852. The monoisotopic (exact) mass is 211 g/mol. The number of rotatable bonds is 3.